The Kier molecular flexibility index (Phi) is 8.44. The Morgan fingerprint density at radius 2 is 1.50 bits per heavy atom. The van der Waals surface area contributed by atoms with E-state index in [-0.39, 0.29) is 24.3 Å². The molecule has 0 fully saturated rings. The van der Waals surface area contributed by atoms with Crippen LogP contribution >= 0.6 is 0 Å². The lowest BCUT2D eigenvalue weighted by molar-refractivity contribution is -0.122. The van der Waals surface area contributed by atoms with Crippen molar-refractivity contribution >= 4 is 11.8 Å². The Balaban J connectivity index is 1.35. The van der Waals surface area contributed by atoms with E-state index in [1.165, 1.54) is 0 Å². The lowest BCUT2D eigenvalue weighted by Gasteiger charge is -2.21. The fourth-order valence-electron chi connectivity index (χ4n) is 3.84. The first-order valence-electron chi connectivity index (χ1n) is 11.9. The van der Waals surface area contributed by atoms with Crippen LogP contribution in [0.3, 0.4) is 0 Å². The Bertz CT molecular complexity index is 1250. The van der Waals surface area contributed by atoms with Gasteiger partial charge in [0.1, 0.15) is 12.4 Å². The van der Waals surface area contributed by atoms with E-state index < -0.39 is 6.04 Å². The number of carbonyl (C=O) groups is 2. The summed E-state index contributed by atoms with van der Waals surface area (Å²) in [5.41, 5.74) is 3.38. The second-order valence-corrected chi connectivity index (χ2v) is 8.52. The summed E-state index contributed by atoms with van der Waals surface area (Å²) < 4.78 is 5.82. The summed E-state index contributed by atoms with van der Waals surface area (Å²) in [6, 6.07) is 29.4. The first kappa shape index (κ1) is 24.7. The van der Waals surface area contributed by atoms with Crippen LogP contribution in [-0.4, -0.2) is 16.8 Å². The molecule has 4 aromatic rings. The monoisotopic (exact) mass is 479 g/mol. The molecule has 6 heteroatoms. The molecule has 3 aromatic carbocycles. The summed E-state index contributed by atoms with van der Waals surface area (Å²) >= 11 is 0. The predicted molar refractivity (Wildman–Crippen MR) is 139 cm³/mol. The molecule has 0 aliphatic carbocycles. The molecular weight excluding hydrogens is 450 g/mol. The number of hydrogen-bond donors (Lipinski definition) is 2. The zero-order chi connectivity index (χ0) is 25.2. The van der Waals surface area contributed by atoms with Gasteiger partial charge in [0.25, 0.3) is 5.91 Å². The van der Waals surface area contributed by atoms with Crippen molar-refractivity contribution in [1.29, 1.82) is 0 Å². The number of ether oxygens (including phenoxy) is 1. The quantitative estimate of drug-likeness (QED) is 0.319. The Morgan fingerprint density at radius 3 is 2.17 bits per heavy atom. The Morgan fingerprint density at radius 1 is 0.806 bits per heavy atom. The van der Waals surface area contributed by atoms with Crippen LogP contribution in [0.1, 0.15) is 52.5 Å². The maximum atomic E-state index is 13.0. The van der Waals surface area contributed by atoms with E-state index >= 15 is 0 Å². The molecule has 0 saturated heterocycles. The number of amides is 2. The first-order chi connectivity index (χ1) is 17.6. The lowest BCUT2D eigenvalue weighted by Crippen LogP contribution is -2.34. The molecule has 0 radical (unpaired) electrons. The second-order valence-electron chi connectivity index (χ2n) is 8.52. The molecule has 0 aliphatic heterocycles. The van der Waals surface area contributed by atoms with Crippen LogP contribution in [0.2, 0.25) is 0 Å². The van der Waals surface area contributed by atoms with E-state index in [1.807, 2.05) is 91.9 Å². The highest BCUT2D eigenvalue weighted by molar-refractivity contribution is 5.94. The van der Waals surface area contributed by atoms with Crippen LogP contribution in [0.25, 0.3) is 0 Å². The summed E-state index contributed by atoms with van der Waals surface area (Å²) in [7, 11) is 0. The van der Waals surface area contributed by atoms with Gasteiger partial charge < -0.3 is 15.4 Å². The van der Waals surface area contributed by atoms with Gasteiger partial charge in [0.2, 0.25) is 5.91 Å². The smallest absolute Gasteiger partial charge is 0.251 e. The maximum Gasteiger partial charge on any atom is 0.251 e. The molecular formula is C30H29N3O3. The van der Waals surface area contributed by atoms with Crippen molar-refractivity contribution in [2.24, 2.45) is 0 Å². The van der Waals surface area contributed by atoms with Gasteiger partial charge in [0.05, 0.1) is 18.5 Å². The molecule has 1 heterocycles. The molecule has 2 amide bonds. The number of nitrogens with zero attached hydrogens (tertiary/aromatic N) is 1. The summed E-state index contributed by atoms with van der Waals surface area (Å²) in [5, 5.41) is 6.06. The third-order valence-corrected chi connectivity index (χ3v) is 5.82. The minimum absolute atomic E-state index is 0.124. The third kappa shape index (κ3) is 7.03. The Hall–Kier alpha value is -4.45. The molecule has 182 valence electrons. The fourth-order valence-corrected chi connectivity index (χ4v) is 3.84. The Labute approximate surface area is 211 Å². The van der Waals surface area contributed by atoms with E-state index in [2.05, 4.69) is 15.6 Å². The molecule has 36 heavy (non-hydrogen) atoms. The average Bonchev–Trinajstić information content (AvgIpc) is 2.93. The third-order valence-electron chi connectivity index (χ3n) is 5.82. The first-order valence-corrected chi connectivity index (χ1v) is 11.9. The van der Waals surface area contributed by atoms with Crippen LogP contribution in [0.4, 0.5) is 0 Å². The van der Waals surface area contributed by atoms with Crippen molar-refractivity contribution in [3.8, 4) is 5.75 Å². The SMILES string of the molecule is CC(NC(=O)CC(NC(=O)c1ccccc1)c1ccccc1)c1ccc(OCc2cccnc2)cc1. The second kappa shape index (κ2) is 12.3. The number of rotatable bonds is 10. The molecule has 2 N–H and O–H groups in total. The summed E-state index contributed by atoms with van der Waals surface area (Å²) in [5.74, 6) is 0.377. The lowest BCUT2D eigenvalue weighted by atomic mass is 10.0. The van der Waals surface area contributed by atoms with Crippen molar-refractivity contribution < 1.29 is 14.3 Å². The molecule has 0 spiro atoms. The fraction of sp³-hybridized carbons (Fsp3) is 0.167. The number of pyridine rings is 1. The summed E-state index contributed by atoms with van der Waals surface area (Å²) in [6.07, 6.45) is 3.63. The highest BCUT2D eigenvalue weighted by atomic mass is 16.5. The van der Waals surface area contributed by atoms with E-state index in [9.17, 15) is 9.59 Å². The topological polar surface area (TPSA) is 80.3 Å². The van der Waals surface area contributed by atoms with E-state index in [0.29, 0.717) is 12.2 Å². The minimum Gasteiger partial charge on any atom is -0.489 e. The average molecular weight is 480 g/mol. The standard InChI is InChI=1S/C30H29N3O3/c1-22(24-14-16-27(17-15-24)36-21-23-9-8-18-31-20-23)32-29(34)19-28(25-10-4-2-5-11-25)33-30(35)26-12-6-3-7-13-26/h2-18,20,22,28H,19,21H2,1H3,(H,32,34)(H,33,35). The van der Waals surface area contributed by atoms with E-state index in [4.69, 9.17) is 4.74 Å². The highest BCUT2D eigenvalue weighted by Gasteiger charge is 2.20. The van der Waals surface area contributed by atoms with Gasteiger partial charge in [0, 0.05) is 23.5 Å². The zero-order valence-electron chi connectivity index (χ0n) is 20.1. The molecule has 6 nitrogen and oxygen atoms in total. The van der Waals surface area contributed by atoms with Crippen molar-refractivity contribution in [2.75, 3.05) is 0 Å². The van der Waals surface area contributed by atoms with Gasteiger partial charge in [-0.3, -0.25) is 14.6 Å². The number of hydrogen-bond acceptors (Lipinski definition) is 4. The van der Waals surface area contributed by atoms with Crippen molar-refractivity contribution in [3.63, 3.8) is 0 Å². The predicted octanol–water partition coefficient (Wildman–Crippen LogP) is 5.40. The van der Waals surface area contributed by atoms with Crippen LogP contribution in [0.15, 0.2) is 109 Å². The molecule has 0 aliphatic rings. The van der Waals surface area contributed by atoms with Crippen molar-refractivity contribution in [2.45, 2.75) is 32.0 Å². The van der Waals surface area contributed by atoms with Gasteiger partial charge in [-0.25, -0.2) is 0 Å². The number of aromatic nitrogens is 1. The minimum atomic E-state index is -0.450. The molecule has 0 bridgehead atoms. The van der Waals surface area contributed by atoms with Gasteiger partial charge in [-0.2, -0.15) is 0 Å². The largest absolute Gasteiger partial charge is 0.489 e. The molecule has 2 atom stereocenters. The van der Waals surface area contributed by atoms with Gasteiger partial charge in [-0.15, -0.1) is 0 Å². The molecule has 2 unspecified atom stereocenters. The normalized spacial score (nSPS) is 12.2. The van der Waals surface area contributed by atoms with E-state index in [0.717, 1.165) is 22.4 Å². The highest BCUT2D eigenvalue weighted by Crippen LogP contribution is 2.21. The van der Waals surface area contributed by atoms with Crippen LogP contribution in [0.5, 0.6) is 5.75 Å². The number of nitrogens with one attached hydrogen (secondary N) is 2. The van der Waals surface area contributed by atoms with Gasteiger partial charge in [-0.1, -0.05) is 66.7 Å². The van der Waals surface area contributed by atoms with Crippen LogP contribution < -0.4 is 15.4 Å². The van der Waals surface area contributed by atoms with Crippen molar-refractivity contribution in [1.82, 2.24) is 15.6 Å². The number of carbonyl (C=O) groups excluding carboxylic acids is 2. The maximum absolute atomic E-state index is 13.0. The van der Waals surface area contributed by atoms with Gasteiger partial charge in [-0.05, 0) is 48.4 Å². The zero-order valence-corrected chi connectivity index (χ0v) is 20.1. The molecule has 4 rings (SSSR count). The molecule has 0 saturated carbocycles. The van der Waals surface area contributed by atoms with Gasteiger partial charge >= 0.3 is 0 Å². The number of benzene rings is 3. The summed E-state index contributed by atoms with van der Waals surface area (Å²) in [4.78, 5) is 29.8. The van der Waals surface area contributed by atoms with Crippen LogP contribution in [0, 0.1) is 0 Å². The van der Waals surface area contributed by atoms with E-state index in [1.54, 1.807) is 24.5 Å². The van der Waals surface area contributed by atoms with Crippen LogP contribution in [-0.2, 0) is 11.4 Å². The van der Waals surface area contributed by atoms with Crippen molar-refractivity contribution in [3.05, 3.63) is 132 Å². The van der Waals surface area contributed by atoms with Gasteiger partial charge in [0.15, 0.2) is 0 Å². The molecule has 1 aromatic heterocycles. The summed E-state index contributed by atoms with van der Waals surface area (Å²) in [6.45, 7) is 2.37.